The Morgan fingerprint density at radius 3 is 2.75 bits per heavy atom. The maximum atomic E-state index is 11.9. The van der Waals surface area contributed by atoms with Gasteiger partial charge in [0, 0.05) is 25.8 Å². The number of rotatable bonds is 5. The molecule has 0 radical (unpaired) electrons. The highest BCUT2D eigenvalue weighted by Crippen LogP contribution is 2.03. The number of carbonyl (C=O) groups excluding carboxylic acids is 1. The van der Waals surface area contributed by atoms with Crippen molar-refractivity contribution in [1.29, 1.82) is 0 Å². The molecule has 0 aliphatic heterocycles. The van der Waals surface area contributed by atoms with Crippen LogP contribution in [0.1, 0.15) is 23.0 Å². The van der Waals surface area contributed by atoms with E-state index in [0.29, 0.717) is 25.3 Å². The van der Waals surface area contributed by atoms with Crippen molar-refractivity contribution in [2.24, 2.45) is 5.73 Å². The fourth-order valence-corrected chi connectivity index (χ4v) is 1.36. The molecule has 0 aromatic carbocycles. The normalized spacial score (nSPS) is 10.2. The van der Waals surface area contributed by atoms with Crippen LogP contribution in [0.25, 0.3) is 0 Å². The van der Waals surface area contributed by atoms with Crippen LogP contribution in [-0.2, 0) is 6.54 Å². The van der Waals surface area contributed by atoms with E-state index in [9.17, 15) is 4.79 Å². The minimum Gasteiger partial charge on any atom is -0.395 e. The van der Waals surface area contributed by atoms with Crippen LogP contribution in [0, 0.1) is 0 Å². The summed E-state index contributed by atoms with van der Waals surface area (Å²) < 4.78 is 0. The van der Waals surface area contributed by atoms with Crippen LogP contribution >= 0.6 is 0 Å². The molecule has 0 aliphatic carbocycles. The predicted octanol–water partition coefficient (Wildman–Crippen LogP) is -0.00530. The monoisotopic (exact) mass is 223 g/mol. The molecule has 1 amide bonds. The number of aliphatic hydroxyl groups excluding tert-OH is 1. The average Bonchev–Trinajstić information content (AvgIpc) is 2.35. The van der Waals surface area contributed by atoms with E-state index >= 15 is 0 Å². The summed E-state index contributed by atoms with van der Waals surface area (Å²) in [5, 5.41) is 8.81. The summed E-state index contributed by atoms with van der Waals surface area (Å²) in [5.74, 6) is -0.167. The van der Waals surface area contributed by atoms with Gasteiger partial charge in [0.25, 0.3) is 5.91 Å². The van der Waals surface area contributed by atoms with E-state index < -0.39 is 0 Å². The molecule has 16 heavy (non-hydrogen) atoms. The topological polar surface area (TPSA) is 79.5 Å². The molecule has 0 atom stereocenters. The fraction of sp³-hybridized carbons (Fsp3) is 0.455. The number of hydrogen-bond acceptors (Lipinski definition) is 4. The largest absolute Gasteiger partial charge is 0.395 e. The molecule has 0 fully saturated rings. The first-order valence-corrected chi connectivity index (χ1v) is 5.28. The number of pyridine rings is 1. The number of aliphatic hydroxyl groups is 1. The van der Waals surface area contributed by atoms with Gasteiger partial charge < -0.3 is 15.7 Å². The quantitative estimate of drug-likeness (QED) is 0.736. The van der Waals surface area contributed by atoms with Crippen molar-refractivity contribution >= 4 is 5.91 Å². The van der Waals surface area contributed by atoms with Crippen LogP contribution in [0.15, 0.2) is 18.3 Å². The second-order valence-electron chi connectivity index (χ2n) is 3.36. The van der Waals surface area contributed by atoms with Crippen molar-refractivity contribution in [1.82, 2.24) is 9.88 Å². The maximum absolute atomic E-state index is 11.9. The van der Waals surface area contributed by atoms with Crippen molar-refractivity contribution in [2.75, 3.05) is 19.7 Å². The highest BCUT2D eigenvalue weighted by atomic mass is 16.3. The van der Waals surface area contributed by atoms with Gasteiger partial charge in [0.2, 0.25) is 0 Å². The molecule has 5 heteroatoms. The Morgan fingerprint density at radius 1 is 1.56 bits per heavy atom. The molecule has 1 aromatic heterocycles. The third-order valence-corrected chi connectivity index (χ3v) is 2.32. The summed E-state index contributed by atoms with van der Waals surface area (Å²) in [6, 6.07) is 3.44. The van der Waals surface area contributed by atoms with Gasteiger partial charge in [0.1, 0.15) is 5.69 Å². The third-order valence-electron chi connectivity index (χ3n) is 2.32. The first-order valence-electron chi connectivity index (χ1n) is 5.28. The lowest BCUT2D eigenvalue weighted by Gasteiger charge is -2.18. The fourth-order valence-electron chi connectivity index (χ4n) is 1.36. The summed E-state index contributed by atoms with van der Waals surface area (Å²) in [7, 11) is 0. The molecule has 0 unspecified atom stereocenters. The van der Waals surface area contributed by atoms with Crippen LogP contribution in [0.3, 0.4) is 0 Å². The van der Waals surface area contributed by atoms with E-state index in [4.69, 9.17) is 10.8 Å². The van der Waals surface area contributed by atoms with Crippen molar-refractivity contribution < 1.29 is 9.90 Å². The maximum Gasteiger partial charge on any atom is 0.272 e. The van der Waals surface area contributed by atoms with Crippen molar-refractivity contribution in [3.63, 3.8) is 0 Å². The van der Waals surface area contributed by atoms with Crippen molar-refractivity contribution in [2.45, 2.75) is 13.5 Å². The number of hydrogen-bond donors (Lipinski definition) is 2. The van der Waals surface area contributed by atoms with Gasteiger partial charge in [-0.1, -0.05) is 6.07 Å². The van der Waals surface area contributed by atoms with E-state index in [1.54, 1.807) is 23.2 Å². The third kappa shape index (κ3) is 3.01. The molecule has 1 heterocycles. The zero-order valence-corrected chi connectivity index (χ0v) is 9.39. The SMILES string of the molecule is CCN(CCO)C(=O)c1ccc(CN)cn1. The lowest BCUT2D eigenvalue weighted by atomic mass is 10.2. The molecular weight excluding hydrogens is 206 g/mol. The van der Waals surface area contributed by atoms with Crippen molar-refractivity contribution in [3.8, 4) is 0 Å². The number of nitrogens with zero attached hydrogens (tertiary/aromatic N) is 2. The molecule has 0 aliphatic rings. The van der Waals surface area contributed by atoms with Gasteiger partial charge in [-0.3, -0.25) is 9.78 Å². The van der Waals surface area contributed by atoms with E-state index in [-0.39, 0.29) is 12.5 Å². The van der Waals surface area contributed by atoms with Gasteiger partial charge >= 0.3 is 0 Å². The smallest absolute Gasteiger partial charge is 0.272 e. The summed E-state index contributed by atoms with van der Waals surface area (Å²) in [6.07, 6.45) is 1.60. The van der Waals surface area contributed by atoms with Gasteiger partial charge in [0.15, 0.2) is 0 Å². The van der Waals surface area contributed by atoms with Gasteiger partial charge in [0.05, 0.1) is 6.61 Å². The molecule has 3 N–H and O–H groups in total. The number of nitrogens with two attached hydrogens (primary N) is 1. The number of carbonyl (C=O) groups is 1. The minimum absolute atomic E-state index is 0.0412. The van der Waals surface area contributed by atoms with E-state index in [1.807, 2.05) is 6.92 Å². The lowest BCUT2D eigenvalue weighted by molar-refractivity contribution is 0.0726. The molecule has 1 aromatic rings. The number of amides is 1. The van der Waals surface area contributed by atoms with Crippen LogP contribution in [0.4, 0.5) is 0 Å². The summed E-state index contributed by atoms with van der Waals surface area (Å²) >= 11 is 0. The molecule has 88 valence electrons. The van der Waals surface area contributed by atoms with E-state index in [0.717, 1.165) is 5.56 Å². The molecule has 0 saturated carbocycles. The molecule has 1 rings (SSSR count). The Balaban J connectivity index is 2.78. The van der Waals surface area contributed by atoms with Crippen molar-refractivity contribution in [3.05, 3.63) is 29.6 Å². The molecule has 0 saturated heterocycles. The molecule has 0 bridgehead atoms. The zero-order valence-electron chi connectivity index (χ0n) is 9.39. The van der Waals surface area contributed by atoms with Crippen LogP contribution in [0.2, 0.25) is 0 Å². The van der Waals surface area contributed by atoms with Crippen LogP contribution in [0.5, 0.6) is 0 Å². The number of likely N-dealkylation sites (N-methyl/N-ethyl adjacent to an activating group) is 1. The highest BCUT2D eigenvalue weighted by molar-refractivity contribution is 5.92. The van der Waals surface area contributed by atoms with Gasteiger partial charge in [-0.05, 0) is 18.6 Å². The Labute approximate surface area is 94.9 Å². The Hall–Kier alpha value is -1.46. The van der Waals surface area contributed by atoms with Gasteiger partial charge in [-0.15, -0.1) is 0 Å². The standard InChI is InChI=1S/C11H17N3O2/c1-2-14(5-6-15)11(16)10-4-3-9(7-12)8-13-10/h3-4,8,15H,2,5-7,12H2,1H3. The van der Waals surface area contributed by atoms with E-state index in [2.05, 4.69) is 4.98 Å². The lowest BCUT2D eigenvalue weighted by Crippen LogP contribution is -2.33. The predicted molar refractivity (Wildman–Crippen MR) is 60.8 cm³/mol. The average molecular weight is 223 g/mol. The molecule has 5 nitrogen and oxygen atoms in total. The second-order valence-corrected chi connectivity index (χ2v) is 3.36. The first kappa shape index (κ1) is 12.6. The van der Waals surface area contributed by atoms with Gasteiger partial charge in [-0.25, -0.2) is 0 Å². The van der Waals surface area contributed by atoms with E-state index in [1.165, 1.54) is 0 Å². The Kier molecular flexibility index (Phi) is 4.88. The molecular formula is C11H17N3O2. The second kappa shape index (κ2) is 6.19. The van der Waals surface area contributed by atoms with Gasteiger partial charge in [-0.2, -0.15) is 0 Å². The Bertz CT molecular complexity index is 338. The summed E-state index contributed by atoms with van der Waals surface area (Å²) in [4.78, 5) is 17.5. The molecule has 0 spiro atoms. The van der Waals surface area contributed by atoms with Crippen LogP contribution < -0.4 is 5.73 Å². The summed E-state index contributed by atoms with van der Waals surface area (Å²) in [6.45, 7) is 3.12. The summed E-state index contributed by atoms with van der Waals surface area (Å²) in [5.41, 5.74) is 6.71. The van der Waals surface area contributed by atoms with Crippen LogP contribution in [-0.4, -0.2) is 40.6 Å². The highest BCUT2D eigenvalue weighted by Gasteiger charge is 2.14. The number of aromatic nitrogens is 1. The Morgan fingerprint density at radius 2 is 2.31 bits per heavy atom. The zero-order chi connectivity index (χ0) is 12.0. The first-order chi connectivity index (χ1) is 7.72. The minimum atomic E-state index is -0.167.